The molecule has 0 radical (unpaired) electrons. The Hall–Kier alpha value is -5.18. The Kier molecular flexibility index (Phi) is 3.49. The van der Waals surface area contributed by atoms with Gasteiger partial charge in [-0.3, -0.25) is 0 Å². The molecule has 5 rings (SSSR count). The minimum absolute atomic E-state index is 0.0266. The minimum Gasteiger partial charge on any atom is -0.446 e. The molecule has 2 aromatic heterocycles. The molecule has 0 unspecified atom stereocenters. The normalized spacial score (nSPS) is 12.9. The highest BCUT2D eigenvalue weighted by Crippen LogP contribution is 2.32. The van der Waals surface area contributed by atoms with E-state index in [9.17, 15) is 0 Å². The lowest BCUT2D eigenvalue weighted by atomic mass is 10.0. The molecule has 0 fully saturated rings. The zero-order valence-corrected chi connectivity index (χ0v) is 15.0. The molecule has 0 bridgehead atoms. The van der Waals surface area contributed by atoms with Crippen LogP contribution >= 0.6 is 0 Å². The fraction of sp³-hybridized carbons (Fsp3) is 0. The zero-order chi connectivity index (χ0) is 20.8. The predicted octanol–water partition coefficient (Wildman–Crippen LogP) is 3.38. The molecule has 0 aliphatic rings. The molecule has 0 N–H and O–H groups in total. The maximum atomic E-state index is 9.13. The van der Waals surface area contributed by atoms with Crippen LogP contribution in [0.1, 0.15) is 0 Å². The summed E-state index contributed by atoms with van der Waals surface area (Å²) in [4.78, 5) is 15.0. The van der Waals surface area contributed by atoms with E-state index < -0.39 is 0 Å². The first-order valence-corrected chi connectivity index (χ1v) is 8.53. The van der Waals surface area contributed by atoms with Crippen molar-refractivity contribution in [3.8, 4) is 12.1 Å². The van der Waals surface area contributed by atoms with E-state index in [1.165, 1.54) is 0 Å². The standard InChI is InChI=1S/C22H6N6O2/c1-25-15(9-23)21-27-14-7-12-4-3-11-5-6-17-20(19(11)13(12)8-18(14)30-21)28-22(29-17)16(10-24)26-2/h3-8H/b21-15+,22-16+. The molecule has 0 saturated carbocycles. The highest BCUT2D eigenvalue weighted by molar-refractivity contribution is 6.19. The van der Waals surface area contributed by atoms with Crippen LogP contribution in [0.2, 0.25) is 0 Å². The molecule has 0 saturated heterocycles. The van der Waals surface area contributed by atoms with Gasteiger partial charge in [0.05, 0.1) is 25.3 Å². The number of rotatable bonds is 0. The van der Waals surface area contributed by atoms with E-state index >= 15 is 0 Å². The van der Waals surface area contributed by atoms with Gasteiger partial charge in [-0.15, -0.1) is 0 Å². The van der Waals surface area contributed by atoms with Crippen LogP contribution < -0.4 is 11.1 Å². The number of oxazole rings is 2. The average Bonchev–Trinajstić information content (AvgIpc) is 3.37. The molecule has 30 heavy (non-hydrogen) atoms. The van der Waals surface area contributed by atoms with Gasteiger partial charge in [-0.25, -0.2) is 30.2 Å². The first-order valence-electron chi connectivity index (χ1n) is 8.53. The van der Waals surface area contributed by atoms with Crippen molar-refractivity contribution in [2.45, 2.75) is 0 Å². The molecular weight excluding hydrogens is 380 g/mol. The Labute approximate surface area is 167 Å². The lowest BCUT2D eigenvalue weighted by Gasteiger charge is -2.04. The molecule has 0 atom stereocenters. The van der Waals surface area contributed by atoms with Crippen molar-refractivity contribution in [1.29, 1.82) is 10.5 Å². The van der Waals surface area contributed by atoms with Crippen LogP contribution in [-0.2, 0) is 0 Å². The summed E-state index contributed by atoms with van der Waals surface area (Å²) in [7, 11) is 0. The third kappa shape index (κ3) is 2.29. The second-order valence-corrected chi connectivity index (χ2v) is 6.30. The Bertz CT molecular complexity index is 1810. The Morgan fingerprint density at radius 3 is 2.17 bits per heavy atom. The first kappa shape index (κ1) is 17.0. The monoisotopic (exact) mass is 386 g/mol. The molecule has 8 nitrogen and oxygen atoms in total. The number of fused-ring (bicyclic) bond motifs is 6. The van der Waals surface area contributed by atoms with Crippen molar-refractivity contribution >= 4 is 55.1 Å². The highest BCUT2D eigenvalue weighted by atomic mass is 16.3. The van der Waals surface area contributed by atoms with Gasteiger partial charge in [0.15, 0.2) is 11.2 Å². The summed E-state index contributed by atoms with van der Waals surface area (Å²) in [5.41, 5.74) is 1.42. The van der Waals surface area contributed by atoms with Crippen LogP contribution in [-0.4, -0.2) is 9.97 Å². The summed E-state index contributed by atoms with van der Waals surface area (Å²) in [5.74, 6) is 0. The van der Waals surface area contributed by atoms with E-state index in [1.807, 2.05) is 24.3 Å². The van der Waals surface area contributed by atoms with E-state index in [0.717, 1.165) is 21.5 Å². The van der Waals surface area contributed by atoms with Gasteiger partial charge >= 0.3 is 11.4 Å². The summed E-state index contributed by atoms with van der Waals surface area (Å²) < 4.78 is 11.3. The zero-order valence-electron chi connectivity index (χ0n) is 15.0. The van der Waals surface area contributed by atoms with Crippen LogP contribution in [0.3, 0.4) is 0 Å². The second-order valence-electron chi connectivity index (χ2n) is 6.30. The number of nitriles is 2. The second kappa shape index (κ2) is 6.17. The lowest BCUT2D eigenvalue weighted by molar-refractivity contribution is 0.559. The van der Waals surface area contributed by atoms with E-state index in [1.54, 1.807) is 24.3 Å². The molecule has 0 amide bonds. The van der Waals surface area contributed by atoms with E-state index in [0.29, 0.717) is 22.2 Å². The Balaban J connectivity index is 1.97. The van der Waals surface area contributed by atoms with Crippen molar-refractivity contribution in [2.75, 3.05) is 0 Å². The fourth-order valence-electron chi connectivity index (χ4n) is 3.40. The van der Waals surface area contributed by atoms with Gasteiger partial charge < -0.3 is 8.83 Å². The number of benzene rings is 3. The molecule has 5 aromatic rings. The molecule has 8 heteroatoms. The maximum Gasteiger partial charge on any atom is 0.322 e. The summed E-state index contributed by atoms with van der Waals surface area (Å²) in [6.45, 7) is 14.2. The van der Waals surface area contributed by atoms with E-state index in [2.05, 4.69) is 19.7 Å². The Morgan fingerprint density at radius 1 is 0.833 bits per heavy atom. The number of aromatic nitrogens is 2. The van der Waals surface area contributed by atoms with Crippen LogP contribution in [0.15, 0.2) is 45.2 Å². The number of nitrogens with zero attached hydrogens (tertiary/aromatic N) is 6. The van der Waals surface area contributed by atoms with E-state index in [-0.39, 0.29) is 22.5 Å². The molecule has 0 aliphatic carbocycles. The van der Waals surface area contributed by atoms with Crippen LogP contribution in [0, 0.1) is 35.8 Å². The molecule has 0 spiro atoms. The van der Waals surface area contributed by atoms with Gasteiger partial charge in [-0.2, -0.15) is 0 Å². The largest absolute Gasteiger partial charge is 0.446 e. The molecule has 3 aromatic carbocycles. The van der Waals surface area contributed by atoms with Gasteiger partial charge in [0.2, 0.25) is 11.1 Å². The molecular formula is C22H6N6O2. The lowest BCUT2D eigenvalue weighted by Crippen LogP contribution is -2.02. The van der Waals surface area contributed by atoms with Gasteiger partial charge in [0, 0.05) is 5.39 Å². The highest BCUT2D eigenvalue weighted by Gasteiger charge is 2.14. The predicted molar refractivity (Wildman–Crippen MR) is 107 cm³/mol. The van der Waals surface area contributed by atoms with Gasteiger partial charge in [-0.05, 0) is 34.4 Å². The average molecular weight is 386 g/mol. The molecule has 0 aliphatic heterocycles. The maximum absolute atomic E-state index is 9.13. The van der Waals surface area contributed by atoms with Crippen molar-refractivity contribution in [3.05, 3.63) is 70.3 Å². The van der Waals surface area contributed by atoms with E-state index in [4.69, 9.17) is 32.5 Å². The summed E-state index contributed by atoms with van der Waals surface area (Å²) in [6, 6.07) is 14.6. The van der Waals surface area contributed by atoms with Crippen molar-refractivity contribution < 1.29 is 8.83 Å². The van der Waals surface area contributed by atoms with Crippen molar-refractivity contribution in [3.63, 3.8) is 0 Å². The van der Waals surface area contributed by atoms with Crippen molar-refractivity contribution in [1.82, 2.24) is 9.97 Å². The van der Waals surface area contributed by atoms with Crippen LogP contribution in [0.5, 0.6) is 0 Å². The first-order chi connectivity index (χ1) is 14.7. The van der Waals surface area contributed by atoms with Gasteiger partial charge in [0.1, 0.15) is 11.0 Å². The number of hydrogen-bond acceptors (Lipinski definition) is 6. The molecule has 2 heterocycles. The summed E-state index contributed by atoms with van der Waals surface area (Å²) in [6.07, 6.45) is 0. The van der Waals surface area contributed by atoms with Crippen LogP contribution in [0.25, 0.3) is 64.8 Å². The fourth-order valence-corrected chi connectivity index (χ4v) is 3.40. The Morgan fingerprint density at radius 2 is 1.47 bits per heavy atom. The quantitative estimate of drug-likeness (QED) is 0.298. The van der Waals surface area contributed by atoms with Gasteiger partial charge in [-0.1, -0.05) is 18.2 Å². The number of hydrogen-bond donors (Lipinski definition) is 0. The topological polar surface area (TPSA) is 108 Å². The van der Waals surface area contributed by atoms with Crippen LogP contribution in [0.4, 0.5) is 0 Å². The SMILES string of the molecule is [C-]#[N+]/C(C#N)=c1\nc2cc3ccc4ccc5o/c(=C(\C#N)[N+]#[C-])nc5c4c3cc2o1. The summed E-state index contributed by atoms with van der Waals surface area (Å²) in [5, 5.41) is 21.5. The smallest absolute Gasteiger partial charge is 0.322 e. The summed E-state index contributed by atoms with van der Waals surface area (Å²) >= 11 is 0. The molecule has 136 valence electrons. The van der Waals surface area contributed by atoms with Gasteiger partial charge in [0.25, 0.3) is 0 Å². The minimum atomic E-state index is -0.222. The third-order valence-corrected chi connectivity index (χ3v) is 4.71. The third-order valence-electron chi connectivity index (χ3n) is 4.71. The van der Waals surface area contributed by atoms with Crippen molar-refractivity contribution in [2.24, 2.45) is 0 Å².